The number of rotatable bonds is 6. The van der Waals surface area contributed by atoms with Gasteiger partial charge in [-0.3, -0.25) is 4.31 Å². The van der Waals surface area contributed by atoms with Crippen molar-refractivity contribution in [3.8, 4) is 5.75 Å². The molecule has 0 saturated carbocycles. The van der Waals surface area contributed by atoms with Gasteiger partial charge in [0, 0.05) is 18.0 Å². The first-order chi connectivity index (χ1) is 10.8. The van der Waals surface area contributed by atoms with Crippen molar-refractivity contribution in [2.45, 2.75) is 26.8 Å². The second-order valence-corrected chi connectivity index (χ2v) is 7.15. The van der Waals surface area contributed by atoms with Crippen LogP contribution < -0.4 is 9.04 Å². The molecule has 124 valence electrons. The van der Waals surface area contributed by atoms with E-state index in [1.807, 2.05) is 26.8 Å². The van der Waals surface area contributed by atoms with Gasteiger partial charge in [-0.2, -0.15) is 0 Å². The molecule has 1 atom stereocenters. The van der Waals surface area contributed by atoms with Crippen LogP contribution in [0.4, 0.5) is 5.69 Å². The van der Waals surface area contributed by atoms with Gasteiger partial charge in [0.25, 0.3) is 0 Å². The van der Waals surface area contributed by atoms with E-state index in [-0.39, 0.29) is 0 Å². The summed E-state index contributed by atoms with van der Waals surface area (Å²) < 4.78 is 31.5. The third-order valence-corrected chi connectivity index (χ3v) is 4.73. The minimum Gasteiger partial charge on any atom is -0.494 e. The molecule has 0 aliphatic carbocycles. The van der Waals surface area contributed by atoms with Crippen LogP contribution in [0.1, 0.15) is 31.0 Å². The quantitative estimate of drug-likeness (QED) is 0.811. The Labute approximate surface area is 137 Å². The summed E-state index contributed by atoms with van der Waals surface area (Å²) in [5.41, 5.74) is 2.20. The molecule has 0 amide bonds. The number of anilines is 1. The monoisotopic (exact) mass is 335 g/mol. The van der Waals surface area contributed by atoms with E-state index in [0.29, 0.717) is 12.3 Å². The molecule has 0 bridgehead atoms. The van der Waals surface area contributed by atoms with E-state index in [4.69, 9.17) is 4.74 Å². The molecule has 2 rings (SSSR count). The van der Waals surface area contributed by atoms with Crippen LogP contribution in [-0.2, 0) is 10.0 Å². The second-order valence-electron chi connectivity index (χ2n) is 5.29. The van der Waals surface area contributed by atoms with Crippen molar-refractivity contribution < 1.29 is 13.2 Å². The molecule has 1 heterocycles. The van der Waals surface area contributed by atoms with Gasteiger partial charge in [0.05, 0.1) is 24.6 Å². The Morgan fingerprint density at radius 3 is 2.43 bits per heavy atom. The SMILES string of the molecule is CCOc1ccc(N(C(C)c2cncnc2)S(C)(=O)=O)cc1C. The summed E-state index contributed by atoms with van der Waals surface area (Å²) in [6, 6.07) is 4.94. The van der Waals surface area contributed by atoms with E-state index in [1.165, 1.54) is 16.9 Å². The number of benzene rings is 1. The zero-order valence-corrected chi connectivity index (χ0v) is 14.5. The number of ether oxygens (including phenoxy) is 1. The lowest BCUT2D eigenvalue weighted by Crippen LogP contribution is -2.32. The van der Waals surface area contributed by atoms with Gasteiger partial charge < -0.3 is 4.74 Å². The highest BCUT2D eigenvalue weighted by Crippen LogP contribution is 2.32. The summed E-state index contributed by atoms with van der Waals surface area (Å²) in [5, 5.41) is 0. The fraction of sp³-hybridized carbons (Fsp3) is 0.375. The highest BCUT2D eigenvalue weighted by Gasteiger charge is 2.26. The first kappa shape index (κ1) is 17.2. The van der Waals surface area contributed by atoms with E-state index in [9.17, 15) is 8.42 Å². The van der Waals surface area contributed by atoms with Crippen molar-refractivity contribution in [2.75, 3.05) is 17.2 Å². The summed E-state index contributed by atoms with van der Waals surface area (Å²) in [5.74, 6) is 0.750. The van der Waals surface area contributed by atoms with E-state index in [1.54, 1.807) is 24.5 Å². The maximum absolute atomic E-state index is 12.3. The molecule has 1 aromatic heterocycles. The Morgan fingerprint density at radius 1 is 1.26 bits per heavy atom. The van der Waals surface area contributed by atoms with E-state index in [2.05, 4.69) is 9.97 Å². The van der Waals surface area contributed by atoms with Gasteiger partial charge in [-0.15, -0.1) is 0 Å². The Hall–Kier alpha value is -2.15. The number of hydrogen-bond donors (Lipinski definition) is 0. The van der Waals surface area contributed by atoms with Gasteiger partial charge in [-0.05, 0) is 44.5 Å². The minimum atomic E-state index is -3.47. The molecule has 6 nitrogen and oxygen atoms in total. The molecule has 0 fully saturated rings. The molecule has 0 N–H and O–H groups in total. The third-order valence-electron chi connectivity index (χ3n) is 3.48. The molecule has 1 aromatic carbocycles. The first-order valence-electron chi connectivity index (χ1n) is 7.32. The van der Waals surface area contributed by atoms with Crippen LogP contribution >= 0.6 is 0 Å². The molecule has 0 saturated heterocycles. The van der Waals surface area contributed by atoms with Crippen LogP contribution in [-0.4, -0.2) is 31.2 Å². The average molecular weight is 335 g/mol. The summed E-state index contributed by atoms with van der Waals surface area (Å²) >= 11 is 0. The highest BCUT2D eigenvalue weighted by molar-refractivity contribution is 7.92. The molecular formula is C16H21N3O3S. The fourth-order valence-electron chi connectivity index (χ4n) is 2.45. The van der Waals surface area contributed by atoms with Crippen molar-refractivity contribution in [1.29, 1.82) is 0 Å². The van der Waals surface area contributed by atoms with Crippen LogP contribution in [0.25, 0.3) is 0 Å². The van der Waals surface area contributed by atoms with Gasteiger partial charge in [0.2, 0.25) is 10.0 Å². The largest absolute Gasteiger partial charge is 0.494 e. The van der Waals surface area contributed by atoms with Gasteiger partial charge in [0.15, 0.2) is 0 Å². The number of aryl methyl sites for hydroxylation is 1. The predicted octanol–water partition coefficient (Wildman–Crippen LogP) is 2.71. The van der Waals surface area contributed by atoms with Gasteiger partial charge in [-0.1, -0.05) is 0 Å². The maximum Gasteiger partial charge on any atom is 0.232 e. The van der Waals surface area contributed by atoms with Gasteiger partial charge in [0.1, 0.15) is 12.1 Å². The lowest BCUT2D eigenvalue weighted by molar-refractivity contribution is 0.338. The van der Waals surface area contributed by atoms with Crippen LogP contribution in [0.5, 0.6) is 5.75 Å². The van der Waals surface area contributed by atoms with Crippen molar-refractivity contribution in [1.82, 2.24) is 9.97 Å². The fourth-order valence-corrected chi connectivity index (χ4v) is 3.64. The zero-order chi connectivity index (χ0) is 17.0. The zero-order valence-electron chi connectivity index (χ0n) is 13.7. The molecule has 0 spiro atoms. The lowest BCUT2D eigenvalue weighted by atomic mass is 10.1. The van der Waals surface area contributed by atoms with Crippen molar-refractivity contribution in [2.24, 2.45) is 0 Å². The molecule has 0 radical (unpaired) electrons. The number of sulfonamides is 1. The van der Waals surface area contributed by atoms with Crippen LogP contribution in [0, 0.1) is 6.92 Å². The Balaban J connectivity index is 2.46. The summed E-state index contributed by atoms with van der Waals surface area (Å²) in [7, 11) is -3.47. The first-order valence-corrected chi connectivity index (χ1v) is 9.17. The maximum atomic E-state index is 12.3. The predicted molar refractivity (Wildman–Crippen MR) is 90.1 cm³/mol. The minimum absolute atomic E-state index is 0.413. The molecular weight excluding hydrogens is 314 g/mol. The number of hydrogen-bond acceptors (Lipinski definition) is 5. The highest BCUT2D eigenvalue weighted by atomic mass is 32.2. The number of nitrogens with zero attached hydrogens (tertiary/aromatic N) is 3. The second kappa shape index (κ2) is 6.95. The lowest BCUT2D eigenvalue weighted by Gasteiger charge is -2.29. The Bertz CT molecular complexity index is 763. The van der Waals surface area contributed by atoms with Crippen LogP contribution in [0.2, 0.25) is 0 Å². The van der Waals surface area contributed by atoms with Crippen LogP contribution in [0.15, 0.2) is 36.9 Å². The average Bonchev–Trinajstić information content (AvgIpc) is 2.49. The van der Waals surface area contributed by atoms with Crippen molar-refractivity contribution in [3.63, 3.8) is 0 Å². The summed E-state index contributed by atoms with van der Waals surface area (Å²) in [4.78, 5) is 7.93. The molecule has 1 unspecified atom stereocenters. The van der Waals surface area contributed by atoms with Crippen LogP contribution in [0.3, 0.4) is 0 Å². The topological polar surface area (TPSA) is 72.4 Å². The molecule has 7 heteroatoms. The van der Waals surface area contributed by atoms with E-state index < -0.39 is 16.1 Å². The van der Waals surface area contributed by atoms with E-state index in [0.717, 1.165) is 16.9 Å². The van der Waals surface area contributed by atoms with Gasteiger partial charge in [-0.25, -0.2) is 18.4 Å². The normalized spacial score (nSPS) is 12.7. The van der Waals surface area contributed by atoms with E-state index >= 15 is 0 Å². The molecule has 0 aliphatic heterocycles. The third kappa shape index (κ3) is 3.98. The van der Waals surface area contributed by atoms with Crippen molar-refractivity contribution >= 4 is 15.7 Å². The standard InChI is InChI=1S/C16H21N3O3S/c1-5-22-16-7-6-15(8-12(16)2)19(23(4,20)21)13(3)14-9-17-11-18-10-14/h6-11,13H,5H2,1-4H3. The summed E-state index contributed by atoms with van der Waals surface area (Å²) in [6.07, 6.45) is 5.86. The Morgan fingerprint density at radius 2 is 1.91 bits per heavy atom. The van der Waals surface area contributed by atoms with Gasteiger partial charge >= 0.3 is 0 Å². The molecule has 2 aromatic rings. The Kier molecular flexibility index (Phi) is 5.20. The number of aromatic nitrogens is 2. The molecule has 23 heavy (non-hydrogen) atoms. The molecule has 0 aliphatic rings. The summed E-state index contributed by atoms with van der Waals surface area (Å²) in [6.45, 7) is 6.18. The van der Waals surface area contributed by atoms with Crippen molar-refractivity contribution in [3.05, 3.63) is 48.0 Å². The smallest absolute Gasteiger partial charge is 0.232 e.